The summed E-state index contributed by atoms with van der Waals surface area (Å²) in [6.07, 6.45) is 1.23. The summed E-state index contributed by atoms with van der Waals surface area (Å²) in [7, 11) is 0. The average Bonchev–Trinajstić information content (AvgIpc) is 2.25. The van der Waals surface area contributed by atoms with Crippen molar-refractivity contribution in [1.82, 2.24) is 0 Å². The van der Waals surface area contributed by atoms with Crippen LogP contribution in [0.2, 0.25) is 0 Å². The molecule has 1 aromatic rings. The molecule has 0 heterocycles. The summed E-state index contributed by atoms with van der Waals surface area (Å²) in [5, 5.41) is 0. The van der Waals surface area contributed by atoms with Gasteiger partial charge in [-0.2, -0.15) is 0 Å². The summed E-state index contributed by atoms with van der Waals surface area (Å²) >= 11 is 3.37. The second-order valence-electron chi connectivity index (χ2n) is 4.48. The third-order valence-corrected chi connectivity index (χ3v) is 3.89. The number of ketones is 2. The number of rotatable bonds is 1. The Morgan fingerprint density at radius 1 is 1.19 bits per heavy atom. The van der Waals surface area contributed by atoms with Crippen molar-refractivity contribution >= 4 is 27.5 Å². The van der Waals surface area contributed by atoms with Crippen LogP contribution in [0.25, 0.3) is 0 Å². The number of carbonyl (C=O) groups excluding carboxylic acids is 2. The highest BCUT2D eigenvalue weighted by Crippen LogP contribution is 2.35. The molecule has 3 heteroatoms. The van der Waals surface area contributed by atoms with Crippen LogP contribution in [0.1, 0.15) is 31.7 Å². The van der Waals surface area contributed by atoms with E-state index in [2.05, 4.69) is 15.9 Å². The lowest BCUT2D eigenvalue weighted by atomic mass is 9.70. The highest BCUT2D eigenvalue weighted by molar-refractivity contribution is 9.10. The Labute approximate surface area is 103 Å². The van der Waals surface area contributed by atoms with Crippen LogP contribution < -0.4 is 0 Å². The van der Waals surface area contributed by atoms with Gasteiger partial charge in [-0.15, -0.1) is 0 Å². The SMILES string of the molecule is CC1(c2ccc(Br)cc2)CCC(=O)CC1=O. The third-order valence-electron chi connectivity index (χ3n) is 3.36. The monoisotopic (exact) mass is 280 g/mol. The van der Waals surface area contributed by atoms with Crippen molar-refractivity contribution in [2.75, 3.05) is 0 Å². The summed E-state index contributed by atoms with van der Waals surface area (Å²) in [5.41, 5.74) is 0.530. The van der Waals surface area contributed by atoms with Crippen molar-refractivity contribution in [3.8, 4) is 0 Å². The molecule has 0 saturated heterocycles. The summed E-state index contributed by atoms with van der Waals surface area (Å²) in [6, 6.07) is 7.78. The summed E-state index contributed by atoms with van der Waals surface area (Å²) in [6.45, 7) is 1.94. The van der Waals surface area contributed by atoms with Crippen LogP contribution >= 0.6 is 15.9 Å². The van der Waals surface area contributed by atoms with E-state index in [9.17, 15) is 9.59 Å². The highest BCUT2D eigenvalue weighted by Gasteiger charge is 2.39. The van der Waals surface area contributed by atoms with E-state index < -0.39 is 5.41 Å². The van der Waals surface area contributed by atoms with Crippen molar-refractivity contribution in [2.24, 2.45) is 0 Å². The molecule has 1 aliphatic rings. The molecule has 0 bridgehead atoms. The molecule has 1 unspecified atom stereocenters. The molecule has 0 N–H and O–H groups in total. The Kier molecular flexibility index (Phi) is 2.98. The minimum atomic E-state index is -0.478. The number of benzene rings is 1. The Balaban J connectivity index is 2.34. The fraction of sp³-hybridized carbons (Fsp3) is 0.385. The van der Waals surface area contributed by atoms with Crippen LogP contribution in [0, 0.1) is 0 Å². The molecule has 0 aromatic heterocycles. The van der Waals surface area contributed by atoms with Gasteiger partial charge in [0.2, 0.25) is 0 Å². The maximum Gasteiger partial charge on any atom is 0.150 e. The zero-order valence-electron chi connectivity index (χ0n) is 9.13. The van der Waals surface area contributed by atoms with E-state index in [0.29, 0.717) is 12.8 Å². The first kappa shape index (κ1) is 11.5. The number of carbonyl (C=O) groups is 2. The molecule has 1 atom stereocenters. The zero-order chi connectivity index (χ0) is 11.8. The Morgan fingerprint density at radius 2 is 1.81 bits per heavy atom. The number of hydrogen-bond donors (Lipinski definition) is 0. The molecule has 0 radical (unpaired) electrons. The highest BCUT2D eigenvalue weighted by atomic mass is 79.9. The van der Waals surface area contributed by atoms with Crippen molar-refractivity contribution in [2.45, 2.75) is 31.6 Å². The molecule has 1 aliphatic carbocycles. The van der Waals surface area contributed by atoms with Gasteiger partial charge in [0.1, 0.15) is 11.6 Å². The van der Waals surface area contributed by atoms with E-state index >= 15 is 0 Å². The minimum absolute atomic E-state index is 0.0473. The van der Waals surface area contributed by atoms with Crippen LogP contribution in [-0.2, 0) is 15.0 Å². The first-order valence-electron chi connectivity index (χ1n) is 5.33. The first-order chi connectivity index (χ1) is 7.52. The predicted octanol–water partition coefficient (Wildman–Crippen LogP) is 3.03. The van der Waals surface area contributed by atoms with E-state index in [4.69, 9.17) is 0 Å². The number of Topliss-reactive ketones (excluding diaryl/α,β-unsaturated/α-hetero) is 2. The Morgan fingerprint density at radius 3 is 2.38 bits per heavy atom. The van der Waals surface area contributed by atoms with Crippen LogP contribution in [-0.4, -0.2) is 11.6 Å². The summed E-state index contributed by atoms with van der Waals surface area (Å²) in [5.74, 6) is 0.116. The number of hydrogen-bond acceptors (Lipinski definition) is 2. The lowest BCUT2D eigenvalue weighted by Gasteiger charge is -2.31. The fourth-order valence-corrected chi connectivity index (χ4v) is 2.38. The molecule has 0 spiro atoms. The maximum absolute atomic E-state index is 12.0. The molecule has 0 aliphatic heterocycles. The van der Waals surface area contributed by atoms with Gasteiger partial charge in [0.05, 0.1) is 11.8 Å². The Bertz CT molecular complexity index is 436. The molecule has 1 aromatic carbocycles. The largest absolute Gasteiger partial charge is 0.299 e. The predicted molar refractivity (Wildman–Crippen MR) is 65.4 cm³/mol. The van der Waals surface area contributed by atoms with E-state index in [0.717, 1.165) is 10.0 Å². The van der Waals surface area contributed by atoms with Gasteiger partial charge in [-0.3, -0.25) is 9.59 Å². The van der Waals surface area contributed by atoms with Crippen LogP contribution in [0.4, 0.5) is 0 Å². The standard InChI is InChI=1S/C13H13BrO2/c1-13(7-6-11(15)8-12(13)16)9-2-4-10(14)5-3-9/h2-5H,6-8H2,1H3. The van der Waals surface area contributed by atoms with Gasteiger partial charge in [0, 0.05) is 10.9 Å². The second-order valence-corrected chi connectivity index (χ2v) is 5.39. The van der Waals surface area contributed by atoms with Crippen molar-refractivity contribution in [1.29, 1.82) is 0 Å². The zero-order valence-corrected chi connectivity index (χ0v) is 10.7. The third kappa shape index (κ3) is 1.96. The lowest BCUT2D eigenvalue weighted by molar-refractivity contribution is -0.133. The van der Waals surface area contributed by atoms with E-state index in [-0.39, 0.29) is 18.0 Å². The maximum atomic E-state index is 12.0. The normalized spacial score (nSPS) is 25.9. The van der Waals surface area contributed by atoms with Crippen molar-refractivity contribution < 1.29 is 9.59 Å². The molecule has 2 nitrogen and oxygen atoms in total. The Hall–Kier alpha value is -0.960. The average molecular weight is 281 g/mol. The molecule has 1 fully saturated rings. The van der Waals surface area contributed by atoms with Crippen LogP contribution in [0.15, 0.2) is 28.7 Å². The second kappa shape index (κ2) is 4.13. The van der Waals surface area contributed by atoms with Crippen molar-refractivity contribution in [3.63, 3.8) is 0 Å². The van der Waals surface area contributed by atoms with Gasteiger partial charge < -0.3 is 0 Å². The van der Waals surface area contributed by atoms with Gasteiger partial charge in [-0.05, 0) is 31.0 Å². The van der Waals surface area contributed by atoms with Crippen molar-refractivity contribution in [3.05, 3.63) is 34.3 Å². The minimum Gasteiger partial charge on any atom is -0.299 e. The van der Waals surface area contributed by atoms with E-state index in [1.807, 2.05) is 31.2 Å². The molecular formula is C13H13BrO2. The summed E-state index contributed by atoms with van der Waals surface area (Å²) < 4.78 is 0.999. The van der Waals surface area contributed by atoms with Gasteiger partial charge >= 0.3 is 0 Å². The first-order valence-corrected chi connectivity index (χ1v) is 6.13. The lowest BCUT2D eigenvalue weighted by Crippen LogP contribution is -2.38. The molecule has 1 saturated carbocycles. The quantitative estimate of drug-likeness (QED) is 0.741. The fourth-order valence-electron chi connectivity index (χ4n) is 2.11. The smallest absolute Gasteiger partial charge is 0.150 e. The molecule has 0 amide bonds. The van der Waals surface area contributed by atoms with Gasteiger partial charge in [0.25, 0.3) is 0 Å². The van der Waals surface area contributed by atoms with Gasteiger partial charge in [-0.1, -0.05) is 28.1 Å². The topological polar surface area (TPSA) is 34.1 Å². The molecule has 84 valence electrons. The molecule has 16 heavy (non-hydrogen) atoms. The molecular weight excluding hydrogens is 268 g/mol. The number of halogens is 1. The van der Waals surface area contributed by atoms with E-state index in [1.165, 1.54) is 0 Å². The van der Waals surface area contributed by atoms with E-state index in [1.54, 1.807) is 0 Å². The van der Waals surface area contributed by atoms with Crippen LogP contribution in [0.5, 0.6) is 0 Å². The van der Waals surface area contributed by atoms with Gasteiger partial charge in [-0.25, -0.2) is 0 Å². The summed E-state index contributed by atoms with van der Waals surface area (Å²) in [4.78, 5) is 23.2. The van der Waals surface area contributed by atoms with Crippen LogP contribution in [0.3, 0.4) is 0 Å². The van der Waals surface area contributed by atoms with Gasteiger partial charge in [0.15, 0.2) is 0 Å². The molecule has 2 rings (SSSR count).